The van der Waals surface area contributed by atoms with Gasteiger partial charge in [0.05, 0.1) is 24.6 Å². The molecule has 0 saturated carbocycles. The smallest absolute Gasteiger partial charge is 0.418 e. The number of carbonyl (C=O) groups excluding carboxylic acids is 5. The Kier molecular flexibility index (Phi) is 13.5. The molecule has 0 fully saturated rings. The minimum Gasteiger partial charge on any atom is -0.497 e. The van der Waals surface area contributed by atoms with E-state index >= 15 is 0 Å². The summed E-state index contributed by atoms with van der Waals surface area (Å²) in [5, 5.41) is 8.55. The summed E-state index contributed by atoms with van der Waals surface area (Å²) >= 11 is 0. The van der Waals surface area contributed by atoms with Crippen molar-refractivity contribution < 1.29 is 46.3 Å². The fraction of sp³-hybridized carbons (Fsp3) is 0.405. The fourth-order valence-corrected chi connectivity index (χ4v) is 7.13. The molecule has 1 heterocycles. The molecular formula is C42H48F4N6O6. The lowest BCUT2D eigenvalue weighted by atomic mass is 9.78. The number of ether oxygens (including phenoxy) is 1. The molecule has 0 saturated heterocycles. The van der Waals surface area contributed by atoms with Crippen LogP contribution in [0.5, 0.6) is 5.75 Å². The molecule has 5 atom stereocenters. The van der Waals surface area contributed by atoms with E-state index in [4.69, 9.17) is 4.74 Å². The third kappa shape index (κ3) is 9.60. The largest absolute Gasteiger partial charge is 0.497 e. The van der Waals surface area contributed by atoms with E-state index in [0.717, 1.165) is 6.07 Å². The lowest BCUT2D eigenvalue weighted by Gasteiger charge is -2.39. The van der Waals surface area contributed by atoms with Crippen molar-refractivity contribution in [3.8, 4) is 5.75 Å². The molecule has 0 aliphatic heterocycles. The molecule has 58 heavy (non-hydrogen) atoms. The van der Waals surface area contributed by atoms with Crippen LogP contribution in [0.4, 0.5) is 17.6 Å². The molecule has 12 nitrogen and oxygen atoms in total. The number of H-pyrrole nitrogens is 1. The second-order valence-corrected chi connectivity index (χ2v) is 14.8. The summed E-state index contributed by atoms with van der Waals surface area (Å²) in [6.07, 6.45) is -4.54. The van der Waals surface area contributed by atoms with Gasteiger partial charge in [0.15, 0.2) is 0 Å². The van der Waals surface area contributed by atoms with Crippen LogP contribution in [-0.4, -0.2) is 59.3 Å². The molecule has 1 aromatic heterocycles. The number of methoxy groups -OCH3 is 1. The number of nitrogens with one attached hydrogen (secondary N) is 6. The van der Waals surface area contributed by atoms with Gasteiger partial charge in [0.2, 0.25) is 17.7 Å². The number of para-hydroxylation sites is 1. The molecule has 0 radical (unpaired) electrons. The van der Waals surface area contributed by atoms with E-state index in [0.29, 0.717) is 29.8 Å². The Morgan fingerprint density at radius 2 is 1.53 bits per heavy atom. The molecule has 5 amide bonds. The average molecular weight is 809 g/mol. The first-order chi connectivity index (χ1) is 27.5. The van der Waals surface area contributed by atoms with Gasteiger partial charge in [-0.1, -0.05) is 76.9 Å². The predicted octanol–water partition coefficient (Wildman–Crippen LogP) is 5.44. The Balaban J connectivity index is 1.47. The molecule has 0 bridgehead atoms. The highest BCUT2D eigenvalue weighted by Crippen LogP contribution is 2.40. The maximum absolute atomic E-state index is 14.8. The Labute approximate surface area is 333 Å². The molecule has 1 aliphatic carbocycles. The normalized spacial score (nSPS) is 17.2. The predicted molar refractivity (Wildman–Crippen MR) is 208 cm³/mol. The van der Waals surface area contributed by atoms with Gasteiger partial charge in [-0.05, 0) is 66.1 Å². The Hall–Kier alpha value is -5.93. The molecule has 4 aromatic rings. The van der Waals surface area contributed by atoms with Crippen molar-refractivity contribution in [1.29, 1.82) is 0 Å². The van der Waals surface area contributed by atoms with E-state index in [1.165, 1.54) is 49.6 Å². The number of alkyl halides is 3. The number of hydrogen-bond acceptors (Lipinski definition) is 6. The third-order valence-corrected chi connectivity index (χ3v) is 10.9. The Morgan fingerprint density at radius 1 is 0.862 bits per heavy atom. The standard InChI is InChI=1S/C42H48F4N6O6/c1-6-23(3)34(48-33(53)21-25-12-8-9-17-31(25)43)38(55)50-41(19-18-32-29(22-41)28-15-11-16-30(36(28)47-32)42(44,45)46)40(57)49-35(24(4)7-2)39(56)52-51-37(54)26-13-10-14-27(20-26)58-5/h8-17,20,23-24,34-35,47H,6-7,18-19,21-22H2,1-5H3,(H,48,53)(H,49,57)(H,50,55)(H,51,54)(H,52,56)/t23?,24-,34-,35?,41+/m0/s1. The maximum atomic E-state index is 14.8. The maximum Gasteiger partial charge on any atom is 0.418 e. The van der Waals surface area contributed by atoms with Crippen LogP contribution in [0.3, 0.4) is 0 Å². The number of aryl methyl sites for hydroxylation is 1. The highest BCUT2D eigenvalue weighted by molar-refractivity contribution is 6.00. The molecule has 1 aliphatic rings. The van der Waals surface area contributed by atoms with Crippen LogP contribution in [0.2, 0.25) is 0 Å². The van der Waals surface area contributed by atoms with Gasteiger partial charge in [-0.15, -0.1) is 0 Å². The van der Waals surface area contributed by atoms with Crippen LogP contribution in [0.15, 0.2) is 66.7 Å². The van der Waals surface area contributed by atoms with E-state index in [-0.39, 0.29) is 47.7 Å². The van der Waals surface area contributed by atoms with E-state index in [9.17, 15) is 41.5 Å². The summed E-state index contributed by atoms with van der Waals surface area (Å²) < 4.78 is 61.9. The Bertz CT molecular complexity index is 2170. The summed E-state index contributed by atoms with van der Waals surface area (Å²) in [6.45, 7) is 7.03. The van der Waals surface area contributed by atoms with Crippen molar-refractivity contribution in [2.24, 2.45) is 11.8 Å². The highest BCUT2D eigenvalue weighted by Gasteiger charge is 2.47. The zero-order chi connectivity index (χ0) is 42.4. The minimum absolute atomic E-state index is 0.0411. The SMILES string of the molecule is CCC(C)[C@H](NC(=O)Cc1ccccc1F)C(=O)N[C@]1(C(=O)NC(C(=O)NNC(=O)c2cccc(OC)c2)[C@@H](C)CC)CCc2[nH]c3c(C(F)(F)F)cccc3c2C1. The summed E-state index contributed by atoms with van der Waals surface area (Å²) in [7, 11) is 1.44. The fourth-order valence-electron chi connectivity index (χ4n) is 7.13. The van der Waals surface area contributed by atoms with E-state index < -0.39 is 76.6 Å². The molecule has 6 N–H and O–H groups in total. The summed E-state index contributed by atoms with van der Waals surface area (Å²) in [5.41, 5.74) is 2.97. The van der Waals surface area contributed by atoms with Gasteiger partial charge in [0, 0.05) is 23.1 Å². The number of aromatic amines is 1. The quantitative estimate of drug-likeness (QED) is 0.0732. The van der Waals surface area contributed by atoms with Crippen LogP contribution in [0.1, 0.15) is 79.7 Å². The lowest BCUT2D eigenvalue weighted by molar-refractivity contribution is -0.139. The van der Waals surface area contributed by atoms with Gasteiger partial charge in [-0.3, -0.25) is 34.8 Å². The van der Waals surface area contributed by atoms with Gasteiger partial charge in [-0.2, -0.15) is 13.2 Å². The number of halogens is 4. The average Bonchev–Trinajstić information content (AvgIpc) is 3.58. The van der Waals surface area contributed by atoms with Crippen molar-refractivity contribution in [3.05, 3.63) is 100 Å². The van der Waals surface area contributed by atoms with Crippen LogP contribution in [-0.2, 0) is 44.6 Å². The van der Waals surface area contributed by atoms with Gasteiger partial charge in [-0.25, -0.2) is 4.39 Å². The number of benzene rings is 3. The van der Waals surface area contributed by atoms with Crippen molar-refractivity contribution in [2.45, 2.75) is 90.0 Å². The lowest BCUT2D eigenvalue weighted by Crippen LogP contribution is -2.67. The number of amides is 5. The second-order valence-electron chi connectivity index (χ2n) is 14.8. The molecule has 3 aromatic carbocycles. The monoisotopic (exact) mass is 808 g/mol. The van der Waals surface area contributed by atoms with Crippen LogP contribution < -0.4 is 31.5 Å². The van der Waals surface area contributed by atoms with Crippen molar-refractivity contribution in [1.82, 2.24) is 31.8 Å². The Morgan fingerprint density at radius 3 is 2.19 bits per heavy atom. The van der Waals surface area contributed by atoms with Gasteiger partial charge >= 0.3 is 6.18 Å². The molecule has 5 rings (SSSR count). The number of hydrogen-bond donors (Lipinski definition) is 6. The first kappa shape index (κ1) is 43.2. The van der Waals surface area contributed by atoms with Crippen molar-refractivity contribution in [3.63, 3.8) is 0 Å². The second kappa shape index (κ2) is 18.1. The molecule has 0 spiro atoms. The number of carbonyl (C=O) groups is 5. The van der Waals surface area contributed by atoms with Crippen LogP contribution >= 0.6 is 0 Å². The number of rotatable bonds is 14. The summed E-state index contributed by atoms with van der Waals surface area (Å²) in [5.74, 6) is -4.77. The molecule has 310 valence electrons. The molecular weight excluding hydrogens is 760 g/mol. The summed E-state index contributed by atoms with van der Waals surface area (Å²) in [4.78, 5) is 71.9. The van der Waals surface area contributed by atoms with E-state index in [1.807, 2.05) is 0 Å². The number of aromatic nitrogens is 1. The van der Waals surface area contributed by atoms with Crippen LogP contribution in [0.25, 0.3) is 10.9 Å². The van der Waals surface area contributed by atoms with Crippen molar-refractivity contribution >= 4 is 40.4 Å². The third-order valence-electron chi connectivity index (χ3n) is 10.9. The molecule has 2 unspecified atom stereocenters. The van der Waals surface area contributed by atoms with Crippen LogP contribution in [0, 0.1) is 17.7 Å². The molecule has 16 heteroatoms. The first-order valence-corrected chi connectivity index (χ1v) is 19.1. The number of hydrazine groups is 1. The van der Waals surface area contributed by atoms with E-state index in [1.54, 1.807) is 45.9 Å². The topological polar surface area (TPSA) is 171 Å². The van der Waals surface area contributed by atoms with Crippen molar-refractivity contribution in [2.75, 3.05) is 7.11 Å². The van der Waals surface area contributed by atoms with Gasteiger partial charge < -0.3 is 25.7 Å². The summed E-state index contributed by atoms with van der Waals surface area (Å²) in [6, 6.07) is 13.2. The number of fused-ring (bicyclic) bond motifs is 3. The van der Waals surface area contributed by atoms with Gasteiger partial charge in [0.25, 0.3) is 11.8 Å². The van der Waals surface area contributed by atoms with Gasteiger partial charge in [0.1, 0.15) is 29.2 Å². The zero-order valence-electron chi connectivity index (χ0n) is 32.9. The first-order valence-electron chi connectivity index (χ1n) is 19.1. The zero-order valence-corrected chi connectivity index (χ0v) is 32.9. The minimum atomic E-state index is -4.68. The van der Waals surface area contributed by atoms with E-state index in [2.05, 4.69) is 31.8 Å². The highest BCUT2D eigenvalue weighted by atomic mass is 19.4.